The molecule has 3 aromatic heterocycles. The third-order valence-corrected chi connectivity index (χ3v) is 6.58. The molecule has 4 rings (SSSR count). The number of hydrogen-bond donors (Lipinski definition) is 1. The first-order valence-corrected chi connectivity index (χ1v) is 11.3. The highest BCUT2D eigenvalue weighted by atomic mass is 32.2. The van der Waals surface area contributed by atoms with Crippen LogP contribution in [0.5, 0.6) is 0 Å². The Labute approximate surface area is 180 Å². The zero-order chi connectivity index (χ0) is 21.1. The van der Waals surface area contributed by atoms with Gasteiger partial charge in [0.05, 0.1) is 11.3 Å². The van der Waals surface area contributed by atoms with Gasteiger partial charge >= 0.3 is 0 Å². The van der Waals surface area contributed by atoms with Crippen LogP contribution in [-0.4, -0.2) is 26.2 Å². The van der Waals surface area contributed by atoms with Crippen molar-refractivity contribution in [2.24, 2.45) is 0 Å². The predicted molar refractivity (Wildman–Crippen MR) is 120 cm³/mol. The van der Waals surface area contributed by atoms with E-state index in [0.29, 0.717) is 27.6 Å². The Morgan fingerprint density at radius 1 is 1.27 bits per heavy atom. The zero-order valence-electron chi connectivity index (χ0n) is 16.2. The van der Waals surface area contributed by atoms with Crippen molar-refractivity contribution in [1.82, 2.24) is 14.5 Å². The number of carbonyl (C=O) groups is 1. The number of rotatable bonds is 7. The maximum Gasteiger partial charge on any atom is 0.272 e. The molecule has 0 fully saturated rings. The van der Waals surface area contributed by atoms with Crippen molar-refractivity contribution in [1.29, 1.82) is 0 Å². The van der Waals surface area contributed by atoms with Gasteiger partial charge in [-0.1, -0.05) is 25.1 Å². The Morgan fingerprint density at radius 2 is 2.07 bits per heavy atom. The first-order valence-electron chi connectivity index (χ1n) is 9.53. The van der Waals surface area contributed by atoms with Crippen molar-refractivity contribution >= 4 is 55.1 Å². The maximum atomic E-state index is 13.1. The van der Waals surface area contributed by atoms with Crippen molar-refractivity contribution in [3.8, 4) is 0 Å². The zero-order valence-corrected chi connectivity index (χ0v) is 17.9. The third kappa shape index (κ3) is 4.22. The molecule has 1 amide bonds. The molecule has 154 valence electrons. The number of fused-ring (bicyclic) bond motifs is 3. The van der Waals surface area contributed by atoms with E-state index >= 15 is 0 Å². The number of thioether (sulfide) groups is 1. The van der Waals surface area contributed by atoms with E-state index in [1.807, 2.05) is 12.1 Å². The summed E-state index contributed by atoms with van der Waals surface area (Å²) in [6.45, 7) is 2.60. The van der Waals surface area contributed by atoms with Gasteiger partial charge in [0, 0.05) is 23.8 Å². The van der Waals surface area contributed by atoms with E-state index in [1.165, 1.54) is 47.4 Å². The normalized spacial score (nSPS) is 11.3. The topological polar surface area (TPSA) is 76.9 Å². The monoisotopic (exact) mass is 442 g/mol. The molecule has 1 aromatic carbocycles. The molecule has 0 saturated carbocycles. The van der Waals surface area contributed by atoms with E-state index in [0.717, 1.165) is 23.1 Å². The van der Waals surface area contributed by atoms with Crippen LogP contribution in [0.2, 0.25) is 0 Å². The van der Waals surface area contributed by atoms with Crippen LogP contribution in [0.3, 0.4) is 0 Å². The molecule has 0 aliphatic carbocycles. The Bertz CT molecular complexity index is 1270. The van der Waals surface area contributed by atoms with Crippen LogP contribution in [0.15, 0.2) is 52.5 Å². The van der Waals surface area contributed by atoms with E-state index in [9.17, 15) is 14.0 Å². The summed E-state index contributed by atoms with van der Waals surface area (Å²) in [6.07, 6.45) is 3.47. The smallest absolute Gasteiger partial charge is 0.272 e. The summed E-state index contributed by atoms with van der Waals surface area (Å²) in [5, 5.41) is 4.08. The Morgan fingerprint density at radius 3 is 2.83 bits per heavy atom. The van der Waals surface area contributed by atoms with E-state index in [-0.39, 0.29) is 23.0 Å². The fourth-order valence-electron chi connectivity index (χ4n) is 3.03. The summed E-state index contributed by atoms with van der Waals surface area (Å²) in [7, 11) is 0. The molecule has 4 aromatic rings. The lowest BCUT2D eigenvalue weighted by Crippen LogP contribution is -2.23. The number of carbonyl (C=O) groups excluding carboxylic acids is 1. The molecule has 1 N–H and O–H groups in total. The summed E-state index contributed by atoms with van der Waals surface area (Å²) in [5.74, 6) is -0.529. The van der Waals surface area contributed by atoms with Crippen LogP contribution >= 0.6 is 23.1 Å². The predicted octanol–water partition coefficient (Wildman–Crippen LogP) is 4.68. The van der Waals surface area contributed by atoms with Crippen LogP contribution < -0.4 is 10.9 Å². The van der Waals surface area contributed by atoms with Crippen LogP contribution in [0.4, 0.5) is 10.1 Å². The molecule has 0 bridgehead atoms. The summed E-state index contributed by atoms with van der Waals surface area (Å²) < 4.78 is 15.3. The number of pyridine rings is 1. The molecule has 0 aliphatic rings. The molecule has 3 heterocycles. The number of anilines is 1. The molecule has 30 heavy (non-hydrogen) atoms. The van der Waals surface area contributed by atoms with Gasteiger partial charge in [0.1, 0.15) is 15.3 Å². The number of thiophene rings is 1. The first kappa shape index (κ1) is 20.5. The summed E-state index contributed by atoms with van der Waals surface area (Å²) in [4.78, 5) is 35.4. The molecule has 9 heteroatoms. The van der Waals surface area contributed by atoms with Crippen molar-refractivity contribution in [2.75, 3.05) is 11.1 Å². The SMILES string of the molecule is CCCCn1c(SCC(=O)Nc2ccc(F)cc2)nc2c(sc3ncccc32)c1=O. The number of amides is 1. The molecule has 0 unspecified atom stereocenters. The minimum atomic E-state index is -0.364. The van der Waals surface area contributed by atoms with E-state index < -0.39 is 0 Å². The number of hydrogen-bond acceptors (Lipinski definition) is 6. The first-order chi connectivity index (χ1) is 14.6. The van der Waals surface area contributed by atoms with Gasteiger partial charge in [-0.2, -0.15) is 0 Å². The van der Waals surface area contributed by atoms with Crippen LogP contribution in [-0.2, 0) is 11.3 Å². The highest BCUT2D eigenvalue weighted by Gasteiger charge is 2.17. The minimum absolute atomic E-state index is 0.0851. The molecular weight excluding hydrogens is 423 g/mol. The van der Waals surface area contributed by atoms with Gasteiger partial charge in [-0.25, -0.2) is 14.4 Å². The standard InChI is InChI=1S/C21H19FN4O2S2/c1-2-3-11-26-20(28)18-17(15-5-4-10-23-19(15)30-18)25-21(26)29-12-16(27)24-14-8-6-13(22)7-9-14/h4-10H,2-3,11-12H2,1H3,(H,24,27). The van der Waals surface area contributed by atoms with Gasteiger partial charge < -0.3 is 5.32 Å². The van der Waals surface area contributed by atoms with Crippen molar-refractivity contribution in [2.45, 2.75) is 31.5 Å². The van der Waals surface area contributed by atoms with E-state index in [4.69, 9.17) is 4.98 Å². The lowest BCUT2D eigenvalue weighted by molar-refractivity contribution is -0.113. The van der Waals surface area contributed by atoms with Crippen molar-refractivity contribution < 1.29 is 9.18 Å². The lowest BCUT2D eigenvalue weighted by atomic mass is 10.3. The van der Waals surface area contributed by atoms with Crippen LogP contribution in [0.25, 0.3) is 20.4 Å². The number of aromatic nitrogens is 3. The Balaban J connectivity index is 1.64. The second-order valence-corrected chi connectivity index (χ2v) is 8.63. The number of benzene rings is 1. The number of unbranched alkanes of at least 4 members (excludes halogenated alkanes) is 1. The molecule has 0 spiro atoms. The molecule has 0 atom stereocenters. The van der Waals surface area contributed by atoms with Gasteiger partial charge in [0.15, 0.2) is 5.16 Å². The molecular formula is C21H19FN4O2S2. The molecule has 0 saturated heterocycles. The van der Waals surface area contributed by atoms with Gasteiger partial charge in [-0.3, -0.25) is 14.2 Å². The Hall–Kier alpha value is -2.78. The van der Waals surface area contributed by atoms with Gasteiger partial charge in [0.25, 0.3) is 5.56 Å². The largest absolute Gasteiger partial charge is 0.325 e. The number of halogens is 1. The number of nitrogens with zero attached hydrogens (tertiary/aromatic N) is 3. The fourth-order valence-corrected chi connectivity index (χ4v) is 4.87. The minimum Gasteiger partial charge on any atom is -0.325 e. The molecule has 0 aliphatic heterocycles. The lowest BCUT2D eigenvalue weighted by Gasteiger charge is -2.11. The highest BCUT2D eigenvalue weighted by Crippen LogP contribution is 2.30. The second-order valence-electron chi connectivity index (χ2n) is 6.68. The van der Waals surface area contributed by atoms with E-state index in [1.54, 1.807) is 10.8 Å². The van der Waals surface area contributed by atoms with Crippen molar-refractivity contribution in [3.63, 3.8) is 0 Å². The summed E-state index contributed by atoms with van der Waals surface area (Å²) in [5.41, 5.74) is 1.05. The average Bonchev–Trinajstić information content (AvgIpc) is 3.12. The van der Waals surface area contributed by atoms with Crippen LogP contribution in [0.1, 0.15) is 19.8 Å². The maximum absolute atomic E-state index is 13.1. The second kappa shape index (κ2) is 8.93. The van der Waals surface area contributed by atoms with Gasteiger partial charge in [-0.05, 0) is 42.8 Å². The fraction of sp³-hybridized carbons (Fsp3) is 0.238. The van der Waals surface area contributed by atoms with Gasteiger partial charge in [-0.15, -0.1) is 11.3 Å². The third-order valence-electron chi connectivity index (χ3n) is 4.51. The quantitative estimate of drug-likeness (QED) is 0.332. The number of nitrogens with one attached hydrogen (secondary N) is 1. The summed E-state index contributed by atoms with van der Waals surface area (Å²) >= 11 is 2.56. The van der Waals surface area contributed by atoms with Gasteiger partial charge in [0.2, 0.25) is 5.91 Å². The Kier molecular flexibility index (Phi) is 6.10. The summed E-state index contributed by atoms with van der Waals surface area (Å²) in [6, 6.07) is 9.31. The highest BCUT2D eigenvalue weighted by molar-refractivity contribution is 7.99. The molecule has 0 radical (unpaired) electrons. The van der Waals surface area contributed by atoms with Crippen LogP contribution in [0, 0.1) is 5.82 Å². The average molecular weight is 443 g/mol. The van der Waals surface area contributed by atoms with E-state index in [2.05, 4.69) is 17.2 Å². The molecule has 6 nitrogen and oxygen atoms in total. The van der Waals surface area contributed by atoms with Crippen molar-refractivity contribution in [3.05, 3.63) is 58.8 Å².